The lowest BCUT2D eigenvalue weighted by molar-refractivity contribution is 0.0526. The minimum absolute atomic E-state index is 0.0507. The van der Waals surface area contributed by atoms with E-state index in [4.69, 9.17) is 18.9 Å². The van der Waals surface area contributed by atoms with Gasteiger partial charge in [0.15, 0.2) is 4.80 Å². The Kier molecular flexibility index (Phi) is 11.3. The maximum Gasteiger partial charge on any atom is 0.338 e. The summed E-state index contributed by atoms with van der Waals surface area (Å²) in [7, 11) is 0.761. The summed E-state index contributed by atoms with van der Waals surface area (Å²) in [5.41, 5.74) is 1.44. The first-order valence-electron chi connectivity index (χ1n) is 12.2. The number of ether oxygens (including phenoxy) is 4. The van der Waals surface area contributed by atoms with Gasteiger partial charge in [-0.3, -0.25) is 4.79 Å². The van der Waals surface area contributed by atoms with E-state index in [0.29, 0.717) is 23.5 Å². The number of rotatable bonds is 14. The predicted molar refractivity (Wildman–Crippen MR) is 146 cm³/mol. The lowest BCUT2D eigenvalue weighted by atomic mass is 10.2. The first-order valence-corrected chi connectivity index (χ1v) is 14.5. The molecule has 0 aliphatic carbocycles. The second-order valence-electron chi connectivity index (χ2n) is 8.26. The molecule has 0 spiro atoms. The number of carbonyl (C=O) groups excluding carboxylic acids is 2. The minimum atomic E-state index is -3.82. The van der Waals surface area contributed by atoms with E-state index in [1.807, 2.05) is 4.57 Å². The molecular formula is C26H33N3O8S2. The summed E-state index contributed by atoms with van der Waals surface area (Å²) < 4.78 is 50.6. The van der Waals surface area contributed by atoms with E-state index in [9.17, 15) is 18.0 Å². The average Bonchev–Trinajstić information content (AvgIpc) is 3.27. The van der Waals surface area contributed by atoms with Gasteiger partial charge in [0.25, 0.3) is 5.91 Å². The Labute approximate surface area is 231 Å². The van der Waals surface area contributed by atoms with Gasteiger partial charge < -0.3 is 23.5 Å². The van der Waals surface area contributed by atoms with E-state index < -0.39 is 21.9 Å². The molecule has 0 unspecified atom stereocenters. The summed E-state index contributed by atoms with van der Waals surface area (Å²) in [5.74, 6) is -0.957. The number of hydrogen-bond acceptors (Lipinski definition) is 9. The maximum atomic E-state index is 13.1. The number of methoxy groups -OCH3 is 3. The highest BCUT2D eigenvalue weighted by molar-refractivity contribution is 7.89. The van der Waals surface area contributed by atoms with Crippen LogP contribution in [0, 0.1) is 0 Å². The molecule has 0 fully saturated rings. The van der Waals surface area contributed by atoms with Crippen molar-refractivity contribution in [2.75, 3.05) is 60.8 Å². The highest BCUT2D eigenvalue weighted by Gasteiger charge is 2.24. The summed E-state index contributed by atoms with van der Waals surface area (Å²) >= 11 is 1.26. The molecule has 3 rings (SSSR count). The van der Waals surface area contributed by atoms with Crippen molar-refractivity contribution in [2.45, 2.75) is 18.4 Å². The Hall–Kier alpha value is -2.94. The predicted octanol–water partition coefficient (Wildman–Crippen LogP) is 2.55. The number of aromatic nitrogens is 1. The molecule has 1 amide bonds. The minimum Gasteiger partial charge on any atom is -0.462 e. The van der Waals surface area contributed by atoms with Crippen molar-refractivity contribution in [1.82, 2.24) is 8.87 Å². The Balaban J connectivity index is 1.94. The van der Waals surface area contributed by atoms with E-state index in [1.165, 1.54) is 54.1 Å². The van der Waals surface area contributed by atoms with Crippen LogP contribution in [0.25, 0.3) is 10.2 Å². The average molecular weight is 580 g/mol. The molecule has 1 heterocycles. The van der Waals surface area contributed by atoms with Crippen LogP contribution in [0.15, 0.2) is 52.4 Å². The SMILES string of the molecule is CCOC(=O)c1ccc2c(c1)sc(=NC(=O)c1ccc(S(=O)(=O)N(CCOC)CCOC)cc1)n2CCOC. The zero-order chi connectivity index (χ0) is 28.4. The molecule has 2 aromatic carbocycles. The molecule has 39 heavy (non-hydrogen) atoms. The summed E-state index contributed by atoms with van der Waals surface area (Å²) in [4.78, 5) is 30.1. The van der Waals surface area contributed by atoms with Crippen LogP contribution in [0.4, 0.5) is 0 Å². The van der Waals surface area contributed by atoms with Gasteiger partial charge >= 0.3 is 5.97 Å². The highest BCUT2D eigenvalue weighted by atomic mass is 32.2. The number of benzene rings is 2. The molecule has 13 heteroatoms. The van der Waals surface area contributed by atoms with Crippen molar-refractivity contribution in [2.24, 2.45) is 4.99 Å². The fourth-order valence-corrected chi connectivity index (χ4v) is 6.21. The van der Waals surface area contributed by atoms with Crippen molar-refractivity contribution >= 4 is 43.5 Å². The van der Waals surface area contributed by atoms with Crippen LogP contribution in [-0.2, 0) is 35.5 Å². The van der Waals surface area contributed by atoms with Crippen molar-refractivity contribution in [3.05, 3.63) is 58.4 Å². The molecule has 0 bridgehead atoms. The molecule has 3 aromatic rings. The summed E-state index contributed by atoms with van der Waals surface area (Å²) in [6.07, 6.45) is 0. The molecule has 0 aliphatic heterocycles. The third-order valence-corrected chi connectivity index (χ3v) is 8.69. The van der Waals surface area contributed by atoms with Crippen molar-refractivity contribution < 1.29 is 37.0 Å². The molecule has 0 atom stereocenters. The van der Waals surface area contributed by atoms with E-state index in [0.717, 1.165) is 10.2 Å². The molecule has 11 nitrogen and oxygen atoms in total. The number of esters is 1. The number of nitrogens with zero attached hydrogens (tertiary/aromatic N) is 3. The van der Waals surface area contributed by atoms with Crippen LogP contribution >= 0.6 is 11.3 Å². The smallest absolute Gasteiger partial charge is 0.338 e. The van der Waals surface area contributed by atoms with Crippen LogP contribution in [-0.4, -0.2) is 90.0 Å². The Morgan fingerprint density at radius 2 is 1.54 bits per heavy atom. The van der Waals surface area contributed by atoms with Crippen molar-refractivity contribution in [3.8, 4) is 0 Å². The van der Waals surface area contributed by atoms with Gasteiger partial charge in [-0.05, 0) is 49.4 Å². The summed E-state index contributed by atoms with van der Waals surface area (Å²) in [5, 5.41) is 0. The lowest BCUT2D eigenvalue weighted by Gasteiger charge is -2.21. The van der Waals surface area contributed by atoms with E-state index in [-0.39, 0.29) is 43.4 Å². The van der Waals surface area contributed by atoms with E-state index >= 15 is 0 Å². The summed E-state index contributed by atoms with van der Waals surface area (Å²) in [6, 6.07) is 10.8. The van der Waals surface area contributed by atoms with Gasteiger partial charge in [0, 0.05) is 46.5 Å². The molecule has 0 N–H and O–H groups in total. The maximum absolute atomic E-state index is 13.1. The number of amides is 1. The van der Waals surface area contributed by atoms with Gasteiger partial charge in [0.1, 0.15) is 0 Å². The second kappa shape index (κ2) is 14.4. The molecule has 0 radical (unpaired) electrons. The van der Waals surface area contributed by atoms with E-state index in [2.05, 4.69) is 4.99 Å². The van der Waals surface area contributed by atoms with Crippen molar-refractivity contribution in [1.29, 1.82) is 0 Å². The van der Waals surface area contributed by atoms with Gasteiger partial charge in [-0.2, -0.15) is 9.30 Å². The van der Waals surface area contributed by atoms with Crippen LogP contribution in [0.1, 0.15) is 27.6 Å². The number of hydrogen-bond donors (Lipinski definition) is 0. The van der Waals surface area contributed by atoms with Gasteiger partial charge in [0.05, 0.1) is 47.1 Å². The highest BCUT2D eigenvalue weighted by Crippen LogP contribution is 2.21. The molecule has 0 saturated carbocycles. The standard InChI is InChI=1S/C26H33N3O8S2/c1-5-37-25(31)20-8-11-22-23(18-20)38-26(29(22)14-17-36-4)27-24(30)19-6-9-21(10-7-19)39(32,33)28(12-15-34-2)13-16-35-3/h6-11,18H,5,12-17H2,1-4H3. The zero-order valence-corrected chi connectivity index (χ0v) is 24.0. The number of thiazole rings is 1. The van der Waals surface area contributed by atoms with E-state index in [1.54, 1.807) is 32.2 Å². The zero-order valence-electron chi connectivity index (χ0n) is 22.4. The fourth-order valence-electron chi connectivity index (χ4n) is 3.71. The first kappa shape index (κ1) is 30.6. The van der Waals surface area contributed by atoms with Crippen LogP contribution in [0.3, 0.4) is 0 Å². The monoisotopic (exact) mass is 579 g/mol. The number of sulfonamides is 1. The third kappa shape index (κ3) is 7.59. The van der Waals surface area contributed by atoms with Crippen LogP contribution in [0.2, 0.25) is 0 Å². The van der Waals surface area contributed by atoms with Crippen molar-refractivity contribution in [3.63, 3.8) is 0 Å². The molecule has 1 aromatic heterocycles. The summed E-state index contributed by atoms with van der Waals surface area (Å²) in [6.45, 7) is 3.65. The lowest BCUT2D eigenvalue weighted by Crippen LogP contribution is -2.36. The molecular weight excluding hydrogens is 546 g/mol. The largest absolute Gasteiger partial charge is 0.462 e. The van der Waals surface area contributed by atoms with Gasteiger partial charge in [-0.1, -0.05) is 11.3 Å². The Morgan fingerprint density at radius 1 is 0.923 bits per heavy atom. The molecule has 0 saturated heterocycles. The van der Waals surface area contributed by atoms with Gasteiger partial charge in [-0.15, -0.1) is 0 Å². The van der Waals surface area contributed by atoms with Gasteiger partial charge in [0.2, 0.25) is 10.0 Å². The Morgan fingerprint density at radius 3 is 2.13 bits per heavy atom. The van der Waals surface area contributed by atoms with Gasteiger partial charge in [-0.25, -0.2) is 13.2 Å². The number of carbonyl (C=O) groups is 2. The van der Waals surface area contributed by atoms with Crippen LogP contribution in [0.5, 0.6) is 0 Å². The Bertz CT molecular complexity index is 1440. The third-order valence-electron chi connectivity index (χ3n) is 5.74. The molecule has 0 aliphatic rings. The normalized spacial score (nSPS) is 12.4. The molecule has 212 valence electrons. The second-order valence-corrected chi connectivity index (χ2v) is 11.2. The topological polar surface area (TPSA) is 126 Å². The first-order chi connectivity index (χ1) is 18.8. The van der Waals surface area contributed by atoms with Crippen LogP contribution < -0.4 is 4.80 Å². The number of fused-ring (bicyclic) bond motifs is 1. The quantitative estimate of drug-likeness (QED) is 0.267. The fraction of sp³-hybridized carbons (Fsp3) is 0.423.